The van der Waals surface area contributed by atoms with Crippen LogP contribution >= 0.6 is 0 Å². The molecule has 0 spiro atoms. The third-order valence-corrected chi connectivity index (χ3v) is 4.48. The Bertz CT molecular complexity index is 438. The first-order chi connectivity index (χ1) is 12.4. The number of carboxylic acids is 1. The Morgan fingerprint density at radius 2 is 1.59 bits per heavy atom. The molecular weight excluding hydrogens is 365 g/mol. The number of hydrogen-bond acceptors (Lipinski definition) is 7. The summed E-state index contributed by atoms with van der Waals surface area (Å²) in [6.45, 7) is 3.73. The van der Waals surface area contributed by atoms with Gasteiger partial charge in [-0.3, -0.25) is 4.79 Å². The number of carbonyl (C=O) groups excluding carboxylic acids is 2. The van der Waals surface area contributed by atoms with E-state index < -0.39 is 42.5 Å². The normalized spacial score (nSPS) is 27.6. The van der Waals surface area contributed by atoms with Crippen LogP contribution in [-0.4, -0.2) is 59.3 Å². The van der Waals surface area contributed by atoms with Gasteiger partial charge in [0.15, 0.2) is 6.29 Å². The van der Waals surface area contributed by atoms with E-state index in [0.717, 1.165) is 19.3 Å². The van der Waals surface area contributed by atoms with Crippen LogP contribution in [-0.2, 0) is 19.1 Å². The number of aliphatic carboxylic acids is 1. The van der Waals surface area contributed by atoms with Gasteiger partial charge < -0.3 is 34.9 Å². The van der Waals surface area contributed by atoms with Crippen LogP contribution in [0.4, 0.5) is 0 Å². The van der Waals surface area contributed by atoms with Crippen molar-refractivity contribution in [2.24, 2.45) is 0 Å². The van der Waals surface area contributed by atoms with Crippen molar-refractivity contribution in [1.29, 1.82) is 0 Å². The second-order valence-electron chi connectivity index (χ2n) is 6.80. The minimum Gasteiger partial charge on any atom is -0.547 e. The molecule has 152 valence electrons. The molecule has 1 rings (SSSR count). The molecule has 9 heteroatoms. The molecule has 0 bridgehead atoms. The first kappa shape index (κ1) is 26.8. The largest absolute Gasteiger partial charge is 1.00 e. The number of carboxylic acid groups (broad SMARTS) is 1. The van der Waals surface area contributed by atoms with Crippen molar-refractivity contribution < 1.29 is 63.9 Å². The number of aliphatic hydroxyl groups excluding tert-OH is 2. The zero-order chi connectivity index (χ0) is 19.5. The summed E-state index contributed by atoms with van der Waals surface area (Å²) >= 11 is 0. The summed E-state index contributed by atoms with van der Waals surface area (Å²) < 4.78 is 10.7. The van der Waals surface area contributed by atoms with E-state index in [1.165, 1.54) is 39.0 Å². The van der Waals surface area contributed by atoms with Crippen molar-refractivity contribution in [1.82, 2.24) is 5.32 Å². The topological polar surface area (TPSA) is 128 Å². The third kappa shape index (κ3) is 9.69. The minimum absolute atomic E-state index is 0. The van der Waals surface area contributed by atoms with Gasteiger partial charge in [-0.2, -0.15) is 0 Å². The van der Waals surface area contributed by atoms with Gasteiger partial charge in [-0.05, 0) is 6.42 Å². The van der Waals surface area contributed by atoms with Gasteiger partial charge in [0.2, 0.25) is 5.91 Å². The SMILES string of the molecule is CCCCCCCCCCOC1O[C@H](C(=O)[O-])[C@@H](O)[C@H](O)[C@H]1NC(C)=O.[Na+]. The van der Waals surface area contributed by atoms with Gasteiger partial charge in [0.25, 0.3) is 0 Å². The molecule has 0 aliphatic carbocycles. The summed E-state index contributed by atoms with van der Waals surface area (Å²) in [6, 6.07) is -1.05. The molecule has 0 aromatic rings. The molecule has 0 aromatic heterocycles. The van der Waals surface area contributed by atoms with Crippen LogP contribution in [0.5, 0.6) is 0 Å². The van der Waals surface area contributed by atoms with E-state index in [9.17, 15) is 24.9 Å². The van der Waals surface area contributed by atoms with Crippen LogP contribution in [0.25, 0.3) is 0 Å². The molecule has 1 amide bonds. The van der Waals surface area contributed by atoms with E-state index >= 15 is 0 Å². The number of nitrogens with one attached hydrogen (secondary N) is 1. The molecule has 3 N–H and O–H groups in total. The number of hydrogen-bond donors (Lipinski definition) is 3. The average molecular weight is 397 g/mol. The quantitative estimate of drug-likeness (QED) is 0.234. The Kier molecular flexibility index (Phi) is 14.6. The predicted octanol–water partition coefficient (Wildman–Crippen LogP) is -3.15. The van der Waals surface area contributed by atoms with Crippen LogP contribution in [0.3, 0.4) is 0 Å². The molecule has 1 saturated heterocycles. The second-order valence-corrected chi connectivity index (χ2v) is 6.80. The van der Waals surface area contributed by atoms with Gasteiger partial charge in [0.1, 0.15) is 24.4 Å². The Hall–Kier alpha value is -0.220. The predicted molar refractivity (Wildman–Crippen MR) is 91.8 cm³/mol. The summed E-state index contributed by atoms with van der Waals surface area (Å²) in [6.07, 6.45) is 2.85. The molecule has 0 radical (unpaired) electrons. The van der Waals surface area contributed by atoms with E-state index in [1.807, 2.05) is 0 Å². The van der Waals surface area contributed by atoms with E-state index in [0.29, 0.717) is 6.61 Å². The monoisotopic (exact) mass is 397 g/mol. The smallest absolute Gasteiger partial charge is 0.547 e. The summed E-state index contributed by atoms with van der Waals surface area (Å²) in [5, 5.41) is 33.4. The number of amides is 1. The molecule has 5 atom stereocenters. The van der Waals surface area contributed by atoms with E-state index in [4.69, 9.17) is 9.47 Å². The van der Waals surface area contributed by atoms with Crippen molar-refractivity contribution in [3.8, 4) is 0 Å². The Morgan fingerprint density at radius 1 is 1.04 bits per heavy atom. The van der Waals surface area contributed by atoms with Crippen LogP contribution in [0.1, 0.15) is 65.2 Å². The summed E-state index contributed by atoms with van der Waals surface area (Å²) in [5.41, 5.74) is 0. The van der Waals surface area contributed by atoms with E-state index in [-0.39, 0.29) is 29.6 Å². The molecule has 1 fully saturated rings. The van der Waals surface area contributed by atoms with Gasteiger partial charge >= 0.3 is 29.6 Å². The summed E-state index contributed by atoms with van der Waals surface area (Å²) in [7, 11) is 0. The van der Waals surface area contributed by atoms with Gasteiger partial charge in [-0.1, -0.05) is 51.9 Å². The van der Waals surface area contributed by atoms with Crippen molar-refractivity contribution in [3.63, 3.8) is 0 Å². The number of aliphatic hydroxyl groups is 2. The first-order valence-electron chi connectivity index (χ1n) is 9.49. The number of carbonyl (C=O) groups is 2. The average Bonchev–Trinajstić information content (AvgIpc) is 2.58. The Morgan fingerprint density at radius 3 is 2.11 bits per heavy atom. The fourth-order valence-electron chi connectivity index (χ4n) is 3.02. The number of unbranched alkanes of at least 4 members (excludes halogenated alkanes) is 7. The Labute approximate surface area is 183 Å². The molecule has 1 heterocycles. The molecule has 1 unspecified atom stereocenters. The minimum atomic E-state index is -1.71. The van der Waals surface area contributed by atoms with Crippen molar-refractivity contribution in [2.45, 2.75) is 95.9 Å². The zero-order valence-electron chi connectivity index (χ0n) is 16.7. The Balaban J connectivity index is 0.00000676. The van der Waals surface area contributed by atoms with Crippen LogP contribution in [0.2, 0.25) is 0 Å². The third-order valence-electron chi connectivity index (χ3n) is 4.48. The van der Waals surface area contributed by atoms with Gasteiger partial charge in [0, 0.05) is 13.5 Å². The van der Waals surface area contributed by atoms with Crippen LogP contribution in [0.15, 0.2) is 0 Å². The van der Waals surface area contributed by atoms with Crippen LogP contribution < -0.4 is 40.0 Å². The molecule has 1 aliphatic rings. The number of ether oxygens (including phenoxy) is 2. The fraction of sp³-hybridized carbons (Fsp3) is 0.889. The van der Waals surface area contributed by atoms with Crippen molar-refractivity contribution in [2.75, 3.05) is 6.61 Å². The van der Waals surface area contributed by atoms with E-state index in [2.05, 4.69) is 12.2 Å². The molecule has 8 nitrogen and oxygen atoms in total. The maximum absolute atomic E-state index is 11.3. The molecule has 0 saturated carbocycles. The molecule has 1 aliphatic heterocycles. The summed E-state index contributed by atoms with van der Waals surface area (Å²) in [4.78, 5) is 22.4. The fourth-order valence-corrected chi connectivity index (χ4v) is 3.02. The second kappa shape index (κ2) is 14.7. The molecular formula is C18H32NNaO7. The van der Waals surface area contributed by atoms with Crippen molar-refractivity contribution >= 4 is 11.9 Å². The molecule has 0 aromatic carbocycles. The maximum atomic E-state index is 11.3. The van der Waals surface area contributed by atoms with Crippen molar-refractivity contribution in [3.05, 3.63) is 0 Å². The maximum Gasteiger partial charge on any atom is 1.00 e. The van der Waals surface area contributed by atoms with Crippen LogP contribution in [0, 0.1) is 0 Å². The standard InChI is InChI=1S/C18H33NO7.Na/c1-3-4-5-6-7-8-9-10-11-25-18-13(19-12(2)20)14(21)15(22)16(26-18)17(23)24;/h13-16,18,21-22H,3-11H2,1-2H3,(H,19,20)(H,23,24);/q;+1/p-1/t13-,14-,15+,16+,18?;/m1./s1. The zero-order valence-corrected chi connectivity index (χ0v) is 18.7. The van der Waals surface area contributed by atoms with Gasteiger partial charge in [-0.15, -0.1) is 0 Å². The van der Waals surface area contributed by atoms with E-state index in [1.54, 1.807) is 0 Å². The molecule has 27 heavy (non-hydrogen) atoms. The van der Waals surface area contributed by atoms with Gasteiger partial charge in [-0.25, -0.2) is 0 Å². The summed E-state index contributed by atoms with van der Waals surface area (Å²) in [5.74, 6) is -2.09. The van der Waals surface area contributed by atoms with Gasteiger partial charge in [0.05, 0.1) is 5.97 Å². The number of rotatable bonds is 12. The first-order valence-corrected chi connectivity index (χ1v) is 9.49.